The smallest absolute Gasteiger partial charge is 0.328 e. The number of carbonyl (C=O) groups excluding carboxylic acids is 2. The maximum absolute atomic E-state index is 12.7. The Labute approximate surface area is 216 Å². The summed E-state index contributed by atoms with van der Waals surface area (Å²) in [5.74, 6) is 0.138. The van der Waals surface area contributed by atoms with E-state index in [0.717, 1.165) is 32.2 Å². The van der Waals surface area contributed by atoms with E-state index in [4.69, 9.17) is 9.47 Å². The Morgan fingerprint density at radius 2 is 1.47 bits per heavy atom. The second-order valence-corrected chi connectivity index (χ2v) is 9.24. The Balaban J connectivity index is 0.00000361. The van der Waals surface area contributed by atoms with Gasteiger partial charge < -0.3 is 14.8 Å². The summed E-state index contributed by atoms with van der Waals surface area (Å²) < 4.78 is 10.7. The summed E-state index contributed by atoms with van der Waals surface area (Å²) in [4.78, 5) is 26.9. The molecule has 4 rings (SSSR count). The van der Waals surface area contributed by atoms with Crippen molar-refractivity contribution in [2.75, 3.05) is 7.11 Å². The molecule has 0 aliphatic heterocycles. The van der Waals surface area contributed by atoms with Gasteiger partial charge in [-0.3, -0.25) is 4.79 Å². The second-order valence-electron chi connectivity index (χ2n) is 8.07. The van der Waals surface area contributed by atoms with E-state index in [9.17, 15) is 9.59 Å². The van der Waals surface area contributed by atoms with Crippen molar-refractivity contribution in [1.29, 1.82) is 0 Å². The molecular formula is C30H31NO4S. The third kappa shape index (κ3) is 7.55. The van der Waals surface area contributed by atoms with Gasteiger partial charge in [0.15, 0.2) is 0 Å². The lowest BCUT2D eigenvalue weighted by atomic mass is 10.1. The summed E-state index contributed by atoms with van der Waals surface area (Å²) in [6.07, 6.45) is 0.582. The number of benzene rings is 3. The average Bonchev–Trinajstić information content (AvgIpc) is 3.36. The van der Waals surface area contributed by atoms with E-state index in [1.807, 2.05) is 97.1 Å². The van der Waals surface area contributed by atoms with E-state index in [-0.39, 0.29) is 19.8 Å². The molecule has 0 saturated carbocycles. The Morgan fingerprint density at radius 1 is 0.833 bits per heavy atom. The highest BCUT2D eigenvalue weighted by Gasteiger charge is 2.22. The molecule has 1 amide bonds. The first kappa shape index (κ1) is 26.7. The summed E-state index contributed by atoms with van der Waals surface area (Å²) in [5, 5.41) is 2.83. The molecule has 0 saturated heterocycles. The van der Waals surface area contributed by atoms with Crippen LogP contribution in [0, 0.1) is 0 Å². The number of hydrogen-bond acceptors (Lipinski definition) is 5. The van der Waals surface area contributed by atoms with Crippen LogP contribution in [0.2, 0.25) is 0 Å². The average molecular weight is 502 g/mol. The highest BCUT2D eigenvalue weighted by atomic mass is 32.1. The first-order chi connectivity index (χ1) is 17.1. The molecule has 3 aromatic carbocycles. The van der Waals surface area contributed by atoms with E-state index >= 15 is 0 Å². The number of hydrogen-bond donors (Lipinski definition) is 1. The molecule has 0 bridgehead atoms. The van der Waals surface area contributed by atoms with Gasteiger partial charge in [-0.15, -0.1) is 11.3 Å². The summed E-state index contributed by atoms with van der Waals surface area (Å²) >= 11 is 1.56. The predicted molar refractivity (Wildman–Crippen MR) is 145 cm³/mol. The number of esters is 1. The van der Waals surface area contributed by atoms with Gasteiger partial charge in [-0.2, -0.15) is 0 Å². The van der Waals surface area contributed by atoms with Gasteiger partial charge in [-0.05, 0) is 53.1 Å². The van der Waals surface area contributed by atoms with Crippen LogP contribution in [0.25, 0.3) is 10.4 Å². The van der Waals surface area contributed by atoms with Crippen LogP contribution in [0.5, 0.6) is 5.75 Å². The fourth-order valence-electron chi connectivity index (χ4n) is 3.67. The lowest BCUT2D eigenvalue weighted by Crippen LogP contribution is -2.43. The van der Waals surface area contributed by atoms with Crippen molar-refractivity contribution in [3.63, 3.8) is 0 Å². The number of nitrogens with one attached hydrogen (secondary N) is 1. The summed E-state index contributed by atoms with van der Waals surface area (Å²) in [6.45, 7) is 0.523. The molecule has 1 unspecified atom stereocenters. The van der Waals surface area contributed by atoms with Crippen LogP contribution in [0.4, 0.5) is 0 Å². The van der Waals surface area contributed by atoms with Crippen LogP contribution in [-0.4, -0.2) is 25.0 Å². The Morgan fingerprint density at radius 3 is 2.11 bits per heavy atom. The van der Waals surface area contributed by atoms with Gasteiger partial charge in [-0.1, -0.05) is 68.1 Å². The molecule has 0 fully saturated rings. The van der Waals surface area contributed by atoms with Crippen molar-refractivity contribution in [3.05, 3.63) is 113 Å². The van der Waals surface area contributed by atoms with Crippen molar-refractivity contribution in [2.45, 2.75) is 32.9 Å². The molecule has 0 aliphatic rings. The van der Waals surface area contributed by atoms with Crippen molar-refractivity contribution < 1.29 is 19.1 Å². The normalized spacial score (nSPS) is 11.1. The van der Waals surface area contributed by atoms with Crippen molar-refractivity contribution in [3.8, 4) is 16.2 Å². The Hall–Kier alpha value is -3.90. The molecule has 4 aromatic rings. The topological polar surface area (TPSA) is 64.6 Å². The van der Waals surface area contributed by atoms with Gasteiger partial charge in [0, 0.05) is 16.2 Å². The maximum atomic E-state index is 12.7. The zero-order chi connectivity index (χ0) is 24.5. The van der Waals surface area contributed by atoms with Crippen molar-refractivity contribution in [1.82, 2.24) is 5.32 Å². The predicted octanol–water partition coefficient (Wildman–Crippen LogP) is 6.07. The maximum Gasteiger partial charge on any atom is 0.328 e. The minimum atomic E-state index is -0.724. The summed E-state index contributed by atoms with van der Waals surface area (Å²) in [7, 11) is 1.33. The number of rotatable bonds is 10. The molecule has 0 spiro atoms. The number of carbonyl (C=O) groups is 2. The highest BCUT2D eigenvalue weighted by Crippen LogP contribution is 2.30. The number of amides is 1. The minimum absolute atomic E-state index is 0. The zero-order valence-electron chi connectivity index (χ0n) is 19.5. The molecule has 36 heavy (non-hydrogen) atoms. The van der Waals surface area contributed by atoms with E-state index in [0.29, 0.717) is 13.0 Å². The van der Waals surface area contributed by atoms with Crippen LogP contribution < -0.4 is 10.1 Å². The lowest BCUT2D eigenvalue weighted by molar-refractivity contribution is -0.145. The van der Waals surface area contributed by atoms with E-state index in [1.165, 1.54) is 7.11 Å². The fourth-order valence-corrected chi connectivity index (χ4v) is 4.69. The number of methoxy groups -OCH3 is 1. The number of thiophene rings is 1. The monoisotopic (exact) mass is 501 g/mol. The van der Waals surface area contributed by atoms with Crippen LogP contribution in [0.3, 0.4) is 0 Å². The van der Waals surface area contributed by atoms with Gasteiger partial charge in [0.05, 0.1) is 13.5 Å². The molecule has 0 radical (unpaired) electrons. The van der Waals surface area contributed by atoms with Crippen molar-refractivity contribution in [2.24, 2.45) is 0 Å². The Bertz CT molecular complexity index is 1240. The van der Waals surface area contributed by atoms with Gasteiger partial charge in [-0.25, -0.2) is 4.79 Å². The molecular weight excluding hydrogens is 470 g/mol. The van der Waals surface area contributed by atoms with E-state index in [2.05, 4.69) is 5.32 Å². The molecule has 186 valence electrons. The van der Waals surface area contributed by atoms with Crippen LogP contribution in [0.1, 0.15) is 23.4 Å². The first-order valence-corrected chi connectivity index (χ1v) is 12.2. The van der Waals surface area contributed by atoms with E-state index in [1.54, 1.807) is 11.3 Å². The second kappa shape index (κ2) is 13.3. The molecule has 6 heteroatoms. The Kier molecular flexibility index (Phi) is 9.83. The van der Waals surface area contributed by atoms with Gasteiger partial charge in [0.1, 0.15) is 18.4 Å². The summed E-state index contributed by atoms with van der Waals surface area (Å²) in [6, 6.07) is 30.8. The molecule has 0 aliphatic carbocycles. The van der Waals surface area contributed by atoms with Crippen LogP contribution in [0.15, 0.2) is 97.1 Å². The molecule has 1 heterocycles. The van der Waals surface area contributed by atoms with Crippen LogP contribution >= 0.6 is 11.3 Å². The van der Waals surface area contributed by atoms with E-state index < -0.39 is 12.0 Å². The molecule has 1 N–H and O–H groups in total. The standard InChI is InChI=1S/C29H27NO4S.CH4/c1-33-29(32)26(18-21-8-4-2-5-9-21)30-28(31)19-25-16-17-27(35-25)23-12-14-24(15-13-23)34-20-22-10-6-3-7-11-22;/h2-17,26H,18-20H2,1H3,(H,30,31);1H4. The molecule has 1 atom stereocenters. The van der Waals surface area contributed by atoms with Gasteiger partial charge in [0.25, 0.3) is 0 Å². The third-order valence-corrected chi connectivity index (χ3v) is 6.62. The first-order valence-electron chi connectivity index (χ1n) is 11.4. The highest BCUT2D eigenvalue weighted by molar-refractivity contribution is 7.15. The number of ether oxygens (including phenoxy) is 2. The third-order valence-electron chi connectivity index (χ3n) is 5.49. The van der Waals surface area contributed by atoms with Crippen LogP contribution in [-0.2, 0) is 33.8 Å². The van der Waals surface area contributed by atoms with Gasteiger partial charge >= 0.3 is 5.97 Å². The fraction of sp³-hybridized carbons (Fsp3) is 0.200. The largest absolute Gasteiger partial charge is 0.489 e. The SMILES string of the molecule is C.COC(=O)C(Cc1ccccc1)NC(=O)Cc1ccc(-c2ccc(OCc3ccccc3)cc2)s1. The summed E-state index contributed by atoms with van der Waals surface area (Å²) in [5.41, 5.74) is 3.14. The minimum Gasteiger partial charge on any atom is -0.489 e. The van der Waals surface area contributed by atoms with Gasteiger partial charge in [0.2, 0.25) is 5.91 Å². The quantitative estimate of drug-likeness (QED) is 0.268. The zero-order valence-corrected chi connectivity index (χ0v) is 20.3. The van der Waals surface area contributed by atoms with Crippen molar-refractivity contribution >= 4 is 23.2 Å². The molecule has 1 aromatic heterocycles. The lowest BCUT2D eigenvalue weighted by Gasteiger charge is -2.16. The molecule has 5 nitrogen and oxygen atoms in total.